The molecule has 0 saturated heterocycles. The normalized spacial score (nSPS) is 10.2. The van der Waals surface area contributed by atoms with Crippen molar-refractivity contribution in [1.29, 1.82) is 0 Å². The number of hydrogen-bond acceptors (Lipinski definition) is 3. The van der Waals surface area contributed by atoms with Crippen molar-refractivity contribution in [2.24, 2.45) is 0 Å². The summed E-state index contributed by atoms with van der Waals surface area (Å²) in [7, 11) is 0. The van der Waals surface area contributed by atoms with Crippen LogP contribution in [0.4, 0.5) is 5.69 Å². The van der Waals surface area contributed by atoms with Crippen molar-refractivity contribution in [1.82, 2.24) is 4.98 Å². The molecule has 0 aliphatic heterocycles. The zero-order valence-electron chi connectivity index (χ0n) is 10.2. The van der Waals surface area contributed by atoms with Crippen molar-refractivity contribution in [3.63, 3.8) is 0 Å². The third-order valence-corrected chi connectivity index (χ3v) is 3.37. The number of pyridine rings is 1. The predicted molar refractivity (Wildman–Crippen MR) is 83.3 cm³/mol. The van der Waals surface area contributed by atoms with Crippen molar-refractivity contribution in [2.75, 3.05) is 5.32 Å². The van der Waals surface area contributed by atoms with E-state index in [1.54, 1.807) is 6.07 Å². The average molecular weight is 390 g/mol. The minimum Gasteiger partial charge on any atom is -0.478 e. The van der Waals surface area contributed by atoms with Crippen LogP contribution in [0, 0.1) is 0 Å². The van der Waals surface area contributed by atoms with E-state index in [1.807, 2.05) is 0 Å². The monoisotopic (exact) mass is 388 g/mol. The molecule has 2 aromatic rings. The Kier molecular flexibility index (Phi) is 4.82. The number of rotatable bonds is 3. The zero-order valence-corrected chi connectivity index (χ0v) is 13.3. The lowest BCUT2D eigenvalue weighted by Crippen LogP contribution is -2.15. The van der Waals surface area contributed by atoms with E-state index in [4.69, 9.17) is 28.3 Å². The SMILES string of the molecule is O=C(Nc1ccc(Br)cc1C(=O)O)c1cc(Cl)nc(Cl)c1. The molecule has 108 valence electrons. The number of anilines is 1. The van der Waals surface area contributed by atoms with Gasteiger partial charge in [-0.05, 0) is 30.3 Å². The van der Waals surface area contributed by atoms with Crippen molar-refractivity contribution >= 4 is 56.7 Å². The lowest BCUT2D eigenvalue weighted by molar-refractivity contribution is 0.0698. The van der Waals surface area contributed by atoms with Gasteiger partial charge in [0, 0.05) is 10.0 Å². The first-order valence-corrected chi connectivity index (χ1v) is 7.09. The first-order valence-electron chi connectivity index (χ1n) is 5.54. The number of aromatic nitrogens is 1. The Balaban J connectivity index is 2.33. The van der Waals surface area contributed by atoms with Crippen LogP contribution >= 0.6 is 39.1 Å². The number of nitrogens with zero attached hydrogens (tertiary/aromatic N) is 1. The molecule has 21 heavy (non-hydrogen) atoms. The van der Waals surface area contributed by atoms with E-state index in [0.717, 1.165) is 0 Å². The van der Waals surface area contributed by atoms with Gasteiger partial charge in [-0.25, -0.2) is 9.78 Å². The molecular formula is C13H7BrCl2N2O3. The van der Waals surface area contributed by atoms with Gasteiger partial charge < -0.3 is 10.4 Å². The first-order chi connectivity index (χ1) is 9.86. The minimum atomic E-state index is -1.16. The molecule has 5 nitrogen and oxygen atoms in total. The van der Waals surface area contributed by atoms with Crippen LogP contribution in [0.1, 0.15) is 20.7 Å². The molecule has 1 aromatic carbocycles. The number of benzene rings is 1. The zero-order chi connectivity index (χ0) is 15.6. The number of amides is 1. The van der Waals surface area contributed by atoms with E-state index in [2.05, 4.69) is 26.2 Å². The summed E-state index contributed by atoms with van der Waals surface area (Å²) in [5, 5.41) is 11.8. The molecule has 2 N–H and O–H groups in total. The Hall–Kier alpha value is -1.63. The predicted octanol–water partition coefficient (Wildman–Crippen LogP) is 4.10. The number of carboxylic acids is 1. The molecule has 0 unspecified atom stereocenters. The van der Waals surface area contributed by atoms with Crippen LogP contribution in [0.15, 0.2) is 34.8 Å². The highest BCUT2D eigenvalue weighted by atomic mass is 79.9. The Morgan fingerprint density at radius 2 is 1.76 bits per heavy atom. The Bertz CT molecular complexity index is 717. The van der Waals surface area contributed by atoms with Crippen LogP contribution in [0.5, 0.6) is 0 Å². The van der Waals surface area contributed by atoms with Crippen LogP contribution < -0.4 is 5.32 Å². The topological polar surface area (TPSA) is 79.3 Å². The third kappa shape index (κ3) is 3.93. The van der Waals surface area contributed by atoms with Crippen molar-refractivity contribution in [3.8, 4) is 0 Å². The van der Waals surface area contributed by atoms with Gasteiger partial charge in [-0.3, -0.25) is 4.79 Å². The second-order valence-electron chi connectivity index (χ2n) is 3.95. The van der Waals surface area contributed by atoms with Gasteiger partial charge in [-0.15, -0.1) is 0 Å². The number of hydrogen-bond donors (Lipinski definition) is 2. The van der Waals surface area contributed by atoms with E-state index < -0.39 is 11.9 Å². The van der Waals surface area contributed by atoms with Crippen molar-refractivity contribution in [3.05, 3.63) is 56.2 Å². The highest BCUT2D eigenvalue weighted by Crippen LogP contribution is 2.22. The quantitative estimate of drug-likeness (QED) is 0.774. The summed E-state index contributed by atoms with van der Waals surface area (Å²) in [5.74, 6) is -1.69. The minimum absolute atomic E-state index is 0.0380. The van der Waals surface area contributed by atoms with Gasteiger partial charge in [-0.1, -0.05) is 39.1 Å². The summed E-state index contributed by atoms with van der Waals surface area (Å²) in [6.45, 7) is 0. The Labute approximate surface area is 138 Å². The Morgan fingerprint density at radius 3 is 2.33 bits per heavy atom. The van der Waals surface area contributed by atoms with Gasteiger partial charge in [0.05, 0.1) is 11.3 Å². The van der Waals surface area contributed by atoms with Gasteiger partial charge in [-0.2, -0.15) is 0 Å². The van der Waals surface area contributed by atoms with Crippen LogP contribution in [-0.2, 0) is 0 Å². The summed E-state index contributed by atoms with van der Waals surface area (Å²) in [6, 6.07) is 7.17. The first kappa shape index (κ1) is 15.8. The standard InChI is InChI=1S/C13H7BrCl2N2O3/c14-7-1-2-9(8(5-7)13(20)21)17-12(19)6-3-10(15)18-11(16)4-6/h1-5H,(H,17,19)(H,20,21). The molecule has 0 fully saturated rings. The molecule has 0 aliphatic rings. The average Bonchev–Trinajstić information content (AvgIpc) is 2.39. The summed E-state index contributed by atoms with van der Waals surface area (Å²) < 4.78 is 0.591. The molecule has 0 atom stereocenters. The molecule has 1 heterocycles. The molecule has 0 bridgehead atoms. The smallest absolute Gasteiger partial charge is 0.337 e. The molecule has 0 spiro atoms. The molecule has 0 saturated carbocycles. The summed E-state index contributed by atoms with van der Waals surface area (Å²) in [5.41, 5.74) is 0.308. The maximum absolute atomic E-state index is 12.1. The maximum atomic E-state index is 12.1. The van der Waals surface area contributed by atoms with E-state index in [9.17, 15) is 9.59 Å². The summed E-state index contributed by atoms with van der Waals surface area (Å²) >= 11 is 14.6. The fourth-order valence-electron chi connectivity index (χ4n) is 1.59. The fourth-order valence-corrected chi connectivity index (χ4v) is 2.41. The lowest BCUT2D eigenvalue weighted by Gasteiger charge is -2.09. The molecule has 2 rings (SSSR count). The molecule has 1 amide bonds. The molecular weight excluding hydrogens is 383 g/mol. The second kappa shape index (κ2) is 6.43. The van der Waals surface area contributed by atoms with Gasteiger partial charge in [0.1, 0.15) is 10.3 Å². The molecule has 0 radical (unpaired) electrons. The van der Waals surface area contributed by atoms with Gasteiger partial charge >= 0.3 is 5.97 Å². The van der Waals surface area contributed by atoms with Gasteiger partial charge in [0.15, 0.2) is 0 Å². The maximum Gasteiger partial charge on any atom is 0.337 e. The number of carboxylic acid groups (broad SMARTS) is 1. The van der Waals surface area contributed by atoms with Crippen LogP contribution in [0.3, 0.4) is 0 Å². The van der Waals surface area contributed by atoms with E-state index >= 15 is 0 Å². The van der Waals surface area contributed by atoms with Crippen LogP contribution in [-0.4, -0.2) is 22.0 Å². The van der Waals surface area contributed by atoms with Gasteiger partial charge in [0.25, 0.3) is 5.91 Å². The fraction of sp³-hybridized carbons (Fsp3) is 0. The molecule has 8 heteroatoms. The van der Waals surface area contributed by atoms with E-state index in [-0.39, 0.29) is 27.1 Å². The van der Waals surface area contributed by atoms with Crippen LogP contribution in [0.25, 0.3) is 0 Å². The second-order valence-corrected chi connectivity index (χ2v) is 5.64. The number of nitrogens with one attached hydrogen (secondary N) is 1. The number of carbonyl (C=O) groups is 2. The molecule has 1 aromatic heterocycles. The third-order valence-electron chi connectivity index (χ3n) is 2.49. The lowest BCUT2D eigenvalue weighted by atomic mass is 10.1. The number of carbonyl (C=O) groups excluding carboxylic acids is 1. The number of aromatic carboxylic acids is 1. The van der Waals surface area contributed by atoms with Crippen molar-refractivity contribution in [2.45, 2.75) is 0 Å². The largest absolute Gasteiger partial charge is 0.478 e. The van der Waals surface area contributed by atoms with Crippen LogP contribution in [0.2, 0.25) is 10.3 Å². The molecule has 0 aliphatic carbocycles. The van der Waals surface area contributed by atoms with E-state index in [1.165, 1.54) is 24.3 Å². The summed E-state index contributed by atoms with van der Waals surface area (Å²) in [4.78, 5) is 27.0. The highest BCUT2D eigenvalue weighted by molar-refractivity contribution is 9.10. The van der Waals surface area contributed by atoms with E-state index in [0.29, 0.717) is 4.47 Å². The van der Waals surface area contributed by atoms with Crippen molar-refractivity contribution < 1.29 is 14.7 Å². The Morgan fingerprint density at radius 1 is 1.14 bits per heavy atom. The summed E-state index contributed by atoms with van der Waals surface area (Å²) in [6.07, 6.45) is 0. The van der Waals surface area contributed by atoms with Gasteiger partial charge in [0.2, 0.25) is 0 Å². The number of halogens is 3. The highest BCUT2D eigenvalue weighted by Gasteiger charge is 2.15.